The summed E-state index contributed by atoms with van der Waals surface area (Å²) >= 11 is 0. The molecule has 0 unspecified atom stereocenters. The summed E-state index contributed by atoms with van der Waals surface area (Å²) in [5.41, 5.74) is -0.732. The fraction of sp³-hybridized carbons (Fsp3) is 0.308. The van der Waals surface area contributed by atoms with Gasteiger partial charge in [0.2, 0.25) is 0 Å². The van der Waals surface area contributed by atoms with Gasteiger partial charge in [-0.05, 0) is 18.6 Å². The highest BCUT2D eigenvalue weighted by Crippen LogP contribution is 2.25. The predicted octanol–water partition coefficient (Wildman–Crippen LogP) is 2.86. The van der Waals surface area contributed by atoms with Gasteiger partial charge in [0, 0.05) is 12.1 Å². The van der Waals surface area contributed by atoms with Gasteiger partial charge in [0.05, 0.1) is 28.1 Å². The van der Waals surface area contributed by atoms with Crippen LogP contribution in [0.3, 0.4) is 0 Å². The molecule has 1 aromatic rings. The number of carbonyl (C=O) groups excluding carboxylic acids is 1. The zero-order valence-corrected chi connectivity index (χ0v) is 11.4. The van der Waals surface area contributed by atoms with Crippen molar-refractivity contribution in [2.45, 2.75) is 19.8 Å². The maximum atomic E-state index is 11.4. The molecule has 1 aromatic carbocycles. The fourth-order valence-corrected chi connectivity index (χ4v) is 1.47. The lowest BCUT2D eigenvalue weighted by Gasteiger charge is -2.00. The number of rotatable bonds is 7. The Morgan fingerprint density at radius 3 is 2.57 bits per heavy atom. The van der Waals surface area contributed by atoms with Gasteiger partial charge < -0.3 is 4.74 Å². The van der Waals surface area contributed by atoms with Crippen LogP contribution in [0.5, 0.6) is 0 Å². The molecule has 0 N–H and O–H groups in total. The van der Waals surface area contributed by atoms with Gasteiger partial charge in [0.15, 0.2) is 0 Å². The number of nitro benzene ring substituents is 2. The molecule has 0 radical (unpaired) electrons. The van der Waals surface area contributed by atoms with Gasteiger partial charge in [-0.3, -0.25) is 20.2 Å². The number of unbranched alkanes of at least 4 members (excludes halogenated alkanes) is 1. The van der Waals surface area contributed by atoms with Gasteiger partial charge in [-0.15, -0.1) is 0 Å². The zero-order valence-electron chi connectivity index (χ0n) is 11.4. The first-order chi connectivity index (χ1) is 9.95. The Morgan fingerprint density at radius 1 is 1.29 bits per heavy atom. The van der Waals surface area contributed by atoms with E-state index in [1.54, 1.807) is 0 Å². The van der Waals surface area contributed by atoms with Crippen molar-refractivity contribution in [2.24, 2.45) is 0 Å². The largest absolute Gasteiger partial charge is 0.463 e. The molecule has 1 rings (SSSR count). The number of non-ortho nitro benzene ring substituents is 1. The van der Waals surface area contributed by atoms with E-state index in [0.717, 1.165) is 31.1 Å². The quantitative estimate of drug-likeness (QED) is 0.251. The Kier molecular flexibility index (Phi) is 5.99. The van der Waals surface area contributed by atoms with Crippen LogP contribution in [0.4, 0.5) is 11.4 Å². The van der Waals surface area contributed by atoms with Gasteiger partial charge in [0.25, 0.3) is 11.4 Å². The van der Waals surface area contributed by atoms with E-state index in [0.29, 0.717) is 0 Å². The molecule has 0 bridgehead atoms. The summed E-state index contributed by atoms with van der Waals surface area (Å²) in [6, 6.07) is 3.20. The van der Waals surface area contributed by atoms with E-state index >= 15 is 0 Å². The molecule has 0 saturated heterocycles. The Labute approximate surface area is 120 Å². The van der Waals surface area contributed by atoms with Crippen LogP contribution in [0.15, 0.2) is 24.3 Å². The molecule has 0 heterocycles. The van der Waals surface area contributed by atoms with Gasteiger partial charge in [-0.25, -0.2) is 4.79 Å². The number of esters is 1. The molecule has 0 aromatic heterocycles. The van der Waals surface area contributed by atoms with Crippen LogP contribution in [0.2, 0.25) is 0 Å². The normalized spacial score (nSPS) is 10.5. The van der Waals surface area contributed by atoms with Crippen molar-refractivity contribution in [2.75, 3.05) is 6.61 Å². The maximum absolute atomic E-state index is 11.4. The number of benzene rings is 1. The van der Waals surface area contributed by atoms with Crippen LogP contribution in [-0.2, 0) is 9.53 Å². The smallest absolute Gasteiger partial charge is 0.330 e. The molecule has 0 atom stereocenters. The molecule has 0 saturated carbocycles. The number of ether oxygens (including phenoxy) is 1. The van der Waals surface area contributed by atoms with Crippen LogP contribution in [0.25, 0.3) is 6.08 Å². The van der Waals surface area contributed by atoms with E-state index in [4.69, 9.17) is 4.74 Å². The first kappa shape index (κ1) is 16.3. The molecule has 0 fully saturated rings. The average molecular weight is 294 g/mol. The van der Waals surface area contributed by atoms with E-state index in [9.17, 15) is 25.0 Å². The lowest BCUT2D eigenvalue weighted by molar-refractivity contribution is -0.394. The van der Waals surface area contributed by atoms with Gasteiger partial charge in [-0.2, -0.15) is 0 Å². The lowest BCUT2D eigenvalue weighted by Crippen LogP contribution is -2.02. The van der Waals surface area contributed by atoms with E-state index in [1.807, 2.05) is 6.92 Å². The minimum atomic E-state index is -0.741. The average Bonchev–Trinajstić information content (AvgIpc) is 2.45. The molecule has 0 spiro atoms. The second-order valence-corrected chi connectivity index (χ2v) is 4.11. The van der Waals surface area contributed by atoms with Gasteiger partial charge in [-0.1, -0.05) is 13.3 Å². The van der Waals surface area contributed by atoms with E-state index in [2.05, 4.69) is 0 Å². The van der Waals surface area contributed by atoms with Gasteiger partial charge >= 0.3 is 5.97 Å². The van der Waals surface area contributed by atoms with E-state index < -0.39 is 21.5 Å². The number of nitro groups is 2. The van der Waals surface area contributed by atoms with Crippen LogP contribution < -0.4 is 0 Å². The molecule has 0 aliphatic rings. The second-order valence-electron chi connectivity index (χ2n) is 4.11. The Balaban J connectivity index is 2.89. The van der Waals surface area contributed by atoms with Gasteiger partial charge in [0.1, 0.15) is 0 Å². The van der Waals surface area contributed by atoms with E-state index in [1.165, 1.54) is 12.1 Å². The third kappa shape index (κ3) is 5.01. The van der Waals surface area contributed by atoms with Crippen molar-refractivity contribution in [1.29, 1.82) is 0 Å². The van der Waals surface area contributed by atoms with Crippen molar-refractivity contribution in [3.05, 3.63) is 50.1 Å². The third-order valence-corrected chi connectivity index (χ3v) is 2.56. The van der Waals surface area contributed by atoms with Crippen molar-refractivity contribution in [3.8, 4) is 0 Å². The summed E-state index contributed by atoms with van der Waals surface area (Å²) in [6.45, 7) is 2.23. The topological polar surface area (TPSA) is 113 Å². The first-order valence-corrected chi connectivity index (χ1v) is 6.23. The fourth-order valence-electron chi connectivity index (χ4n) is 1.47. The Bertz CT molecular complexity index is 582. The second kappa shape index (κ2) is 7.73. The molecular weight excluding hydrogens is 280 g/mol. The minimum Gasteiger partial charge on any atom is -0.463 e. The monoisotopic (exact) mass is 294 g/mol. The van der Waals surface area contributed by atoms with Crippen molar-refractivity contribution in [3.63, 3.8) is 0 Å². The highest BCUT2D eigenvalue weighted by Gasteiger charge is 2.17. The van der Waals surface area contributed by atoms with E-state index in [-0.39, 0.29) is 17.9 Å². The molecule has 8 heteroatoms. The molecule has 0 amide bonds. The minimum absolute atomic E-state index is 0.0954. The zero-order chi connectivity index (χ0) is 15.8. The van der Waals surface area contributed by atoms with Crippen LogP contribution in [-0.4, -0.2) is 22.4 Å². The summed E-state index contributed by atoms with van der Waals surface area (Å²) in [7, 11) is 0. The van der Waals surface area contributed by atoms with Crippen molar-refractivity contribution >= 4 is 23.4 Å². The lowest BCUT2D eigenvalue weighted by atomic mass is 10.1. The summed E-state index contributed by atoms with van der Waals surface area (Å²) in [4.78, 5) is 31.4. The Morgan fingerprint density at radius 2 is 2.00 bits per heavy atom. The number of hydrogen-bond donors (Lipinski definition) is 0. The summed E-state index contributed by atoms with van der Waals surface area (Å²) < 4.78 is 4.86. The molecule has 8 nitrogen and oxygen atoms in total. The summed E-state index contributed by atoms with van der Waals surface area (Å²) in [6.07, 6.45) is 3.88. The van der Waals surface area contributed by atoms with Crippen LogP contribution >= 0.6 is 0 Å². The Hall–Kier alpha value is -2.77. The summed E-state index contributed by atoms with van der Waals surface area (Å²) in [5.74, 6) is -0.615. The SMILES string of the molecule is CCCCOC(=O)/C=C/c1ccc([N+](=O)[O-])cc1[N+](=O)[O-]. The number of nitrogens with zero attached hydrogens (tertiary/aromatic N) is 2. The molecular formula is C13H14N2O6. The number of carbonyl (C=O) groups is 1. The standard InChI is InChI=1S/C13H14N2O6/c1-2-3-8-21-13(16)7-5-10-4-6-11(14(17)18)9-12(10)15(19)20/h4-7,9H,2-3,8H2,1H3/b7-5+. The summed E-state index contributed by atoms with van der Waals surface area (Å²) in [5, 5.41) is 21.5. The van der Waals surface area contributed by atoms with Crippen molar-refractivity contribution < 1.29 is 19.4 Å². The molecule has 0 aliphatic heterocycles. The maximum Gasteiger partial charge on any atom is 0.330 e. The highest BCUT2D eigenvalue weighted by atomic mass is 16.6. The molecule has 112 valence electrons. The predicted molar refractivity (Wildman–Crippen MR) is 74.7 cm³/mol. The molecule has 0 aliphatic carbocycles. The number of hydrogen-bond acceptors (Lipinski definition) is 6. The van der Waals surface area contributed by atoms with Crippen LogP contribution in [0, 0.1) is 20.2 Å². The van der Waals surface area contributed by atoms with Crippen LogP contribution in [0.1, 0.15) is 25.3 Å². The first-order valence-electron chi connectivity index (χ1n) is 6.23. The highest BCUT2D eigenvalue weighted by molar-refractivity contribution is 5.88. The molecule has 21 heavy (non-hydrogen) atoms. The van der Waals surface area contributed by atoms with Crippen molar-refractivity contribution in [1.82, 2.24) is 0 Å². The third-order valence-electron chi connectivity index (χ3n) is 2.56.